The van der Waals surface area contributed by atoms with Gasteiger partial charge in [0.15, 0.2) is 0 Å². The van der Waals surface area contributed by atoms with Gasteiger partial charge in [0.1, 0.15) is 0 Å². The lowest BCUT2D eigenvalue weighted by molar-refractivity contribution is -0.929. The molecule has 0 aliphatic rings. The first-order chi connectivity index (χ1) is 14.2. The highest BCUT2D eigenvalue weighted by Gasteiger charge is 2.25. The molecule has 0 fully saturated rings. The zero-order chi connectivity index (χ0) is 21.5. The Hall–Kier alpha value is 0.690. The summed E-state index contributed by atoms with van der Waals surface area (Å²) in [6.45, 7) is 15.2. The molecule has 0 saturated heterocycles. The van der Waals surface area contributed by atoms with Crippen molar-refractivity contribution in [2.75, 3.05) is 26.2 Å². The van der Waals surface area contributed by atoms with Crippen LogP contribution in [0.15, 0.2) is 0 Å². The second kappa shape index (κ2) is 25.9. The van der Waals surface area contributed by atoms with Crippen molar-refractivity contribution in [1.29, 1.82) is 0 Å². The maximum absolute atomic E-state index is 2.34. The highest BCUT2D eigenvalue weighted by molar-refractivity contribution is 4.54. The first-order valence-corrected chi connectivity index (χ1v) is 14.1. The topological polar surface area (TPSA) is 0 Å². The number of quaternary nitrogens is 1. The second-order valence-electron chi connectivity index (χ2n) is 9.89. The third kappa shape index (κ3) is 20.6. The minimum atomic E-state index is 0. The number of hydrogen-bond acceptors (Lipinski definition) is 0. The molecular weight excluding hydrogens is 477 g/mol. The lowest BCUT2D eigenvalue weighted by Crippen LogP contribution is -3.00. The lowest BCUT2D eigenvalue weighted by atomic mass is 10.1. The van der Waals surface area contributed by atoms with E-state index < -0.39 is 0 Å². The van der Waals surface area contributed by atoms with Crippen molar-refractivity contribution in [2.24, 2.45) is 0 Å². The molecule has 2 heteroatoms. The van der Waals surface area contributed by atoms with Crippen molar-refractivity contribution in [2.45, 2.75) is 156 Å². The van der Waals surface area contributed by atoms with E-state index in [1.807, 2.05) is 0 Å². The number of unbranched alkanes of at least 4 members (excludes halogenated alkanes) is 16. The van der Waals surface area contributed by atoms with Gasteiger partial charge in [0.2, 0.25) is 0 Å². The molecule has 0 atom stereocenters. The van der Waals surface area contributed by atoms with Crippen LogP contribution in [0.5, 0.6) is 0 Å². The SMILES string of the molecule is CCCCCCC[N+](CCCCCCC)(CCCCCCC)CCCCCCC.[I-]. The molecule has 0 bridgehead atoms. The summed E-state index contributed by atoms with van der Waals surface area (Å²) in [6, 6.07) is 0. The number of nitrogens with zero attached hydrogens (tertiary/aromatic N) is 1. The third-order valence-corrected chi connectivity index (χ3v) is 6.94. The van der Waals surface area contributed by atoms with Crippen LogP contribution in [0.2, 0.25) is 0 Å². The van der Waals surface area contributed by atoms with Gasteiger partial charge in [-0.25, -0.2) is 0 Å². The summed E-state index contributed by atoms with van der Waals surface area (Å²) >= 11 is 0. The zero-order valence-corrected chi connectivity index (χ0v) is 24.0. The van der Waals surface area contributed by atoms with E-state index in [1.165, 1.54) is 159 Å². The van der Waals surface area contributed by atoms with Crippen LogP contribution in [0.1, 0.15) is 156 Å². The Morgan fingerprint density at radius 1 is 0.300 bits per heavy atom. The molecule has 0 saturated carbocycles. The predicted molar refractivity (Wildman–Crippen MR) is 135 cm³/mol. The molecule has 0 aliphatic carbocycles. The van der Waals surface area contributed by atoms with Crippen LogP contribution in [0.25, 0.3) is 0 Å². The fourth-order valence-corrected chi connectivity index (χ4v) is 4.87. The number of hydrogen-bond donors (Lipinski definition) is 0. The average molecular weight is 538 g/mol. The Labute approximate surface area is 210 Å². The van der Waals surface area contributed by atoms with E-state index >= 15 is 0 Å². The zero-order valence-electron chi connectivity index (χ0n) is 21.8. The van der Waals surface area contributed by atoms with Crippen molar-refractivity contribution < 1.29 is 28.5 Å². The minimum Gasteiger partial charge on any atom is -1.00 e. The van der Waals surface area contributed by atoms with E-state index in [2.05, 4.69) is 27.7 Å². The third-order valence-electron chi connectivity index (χ3n) is 6.94. The van der Waals surface area contributed by atoms with Crippen LogP contribution >= 0.6 is 0 Å². The van der Waals surface area contributed by atoms with E-state index in [9.17, 15) is 0 Å². The van der Waals surface area contributed by atoms with E-state index in [0.29, 0.717) is 0 Å². The molecule has 0 radical (unpaired) electrons. The fourth-order valence-electron chi connectivity index (χ4n) is 4.87. The smallest absolute Gasteiger partial charge is 0.0786 e. The normalized spacial score (nSPS) is 11.6. The van der Waals surface area contributed by atoms with Crippen molar-refractivity contribution >= 4 is 0 Å². The summed E-state index contributed by atoms with van der Waals surface area (Å²) in [7, 11) is 0. The second-order valence-corrected chi connectivity index (χ2v) is 9.89. The number of halogens is 1. The molecule has 0 aromatic heterocycles. The van der Waals surface area contributed by atoms with Crippen LogP contribution in [0.3, 0.4) is 0 Å². The van der Waals surface area contributed by atoms with Crippen LogP contribution in [0.4, 0.5) is 0 Å². The summed E-state index contributed by atoms with van der Waals surface area (Å²) in [4.78, 5) is 0. The summed E-state index contributed by atoms with van der Waals surface area (Å²) < 4.78 is 1.47. The summed E-state index contributed by atoms with van der Waals surface area (Å²) in [6.07, 6.45) is 28.8. The molecule has 0 aromatic carbocycles. The molecular formula is C28H60IN. The molecule has 0 aromatic rings. The van der Waals surface area contributed by atoms with Crippen LogP contribution in [-0.4, -0.2) is 30.7 Å². The highest BCUT2D eigenvalue weighted by atomic mass is 127. The Morgan fingerprint density at radius 2 is 0.500 bits per heavy atom. The fraction of sp³-hybridized carbons (Fsp3) is 1.00. The predicted octanol–water partition coefficient (Wildman–Crippen LogP) is 6.69. The van der Waals surface area contributed by atoms with E-state index in [-0.39, 0.29) is 24.0 Å². The van der Waals surface area contributed by atoms with Gasteiger partial charge in [-0.2, -0.15) is 0 Å². The molecule has 1 nitrogen and oxygen atoms in total. The van der Waals surface area contributed by atoms with Crippen LogP contribution in [-0.2, 0) is 0 Å². The molecule has 0 aliphatic heterocycles. The van der Waals surface area contributed by atoms with Crippen molar-refractivity contribution in [1.82, 2.24) is 0 Å². The largest absolute Gasteiger partial charge is 1.00 e. The molecule has 30 heavy (non-hydrogen) atoms. The van der Waals surface area contributed by atoms with E-state index in [1.54, 1.807) is 0 Å². The standard InChI is InChI=1S/C28H60N.HI/c1-5-9-13-17-21-25-29(26-22-18-14-10-6-2,27-23-19-15-11-7-3)28-24-20-16-12-8-4;/h5-28H2,1-4H3;1H/q+1;/p-1. The van der Waals surface area contributed by atoms with Crippen molar-refractivity contribution in [3.05, 3.63) is 0 Å². The summed E-state index contributed by atoms with van der Waals surface area (Å²) in [5.41, 5.74) is 0. The van der Waals surface area contributed by atoms with Gasteiger partial charge in [0.25, 0.3) is 0 Å². The molecule has 0 spiro atoms. The maximum Gasteiger partial charge on any atom is 0.0786 e. The van der Waals surface area contributed by atoms with Gasteiger partial charge >= 0.3 is 0 Å². The summed E-state index contributed by atoms with van der Waals surface area (Å²) in [5.74, 6) is 0. The van der Waals surface area contributed by atoms with Gasteiger partial charge in [-0.3, -0.25) is 0 Å². The van der Waals surface area contributed by atoms with Crippen LogP contribution in [0, 0.1) is 0 Å². The monoisotopic (exact) mass is 537 g/mol. The molecule has 0 rings (SSSR count). The van der Waals surface area contributed by atoms with E-state index in [4.69, 9.17) is 0 Å². The van der Waals surface area contributed by atoms with Gasteiger partial charge < -0.3 is 28.5 Å². The molecule has 0 heterocycles. The number of rotatable bonds is 24. The Kier molecular flexibility index (Phi) is 28.4. The Balaban J connectivity index is 0. The Bertz CT molecular complexity index is 244. The van der Waals surface area contributed by atoms with E-state index in [0.717, 1.165) is 0 Å². The molecule has 0 unspecified atom stereocenters. The maximum atomic E-state index is 2.34. The molecule has 0 N–H and O–H groups in total. The highest BCUT2D eigenvalue weighted by Crippen LogP contribution is 2.20. The first-order valence-electron chi connectivity index (χ1n) is 14.1. The van der Waals surface area contributed by atoms with Gasteiger partial charge in [0, 0.05) is 0 Å². The van der Waals surface area contributed by atoms with Gasteiger partial charge in [-0.05, 0) is 51.4 Å². The van der Waals surface area contributed by atoms with Crippen LogP contribution < -0.4 is 24.0 Å². The first kappa shape index (κ1) is 32.9. The van der Waals surface area contributed by atoms with Gasteiger partial charge in [-0.15, -0.1) is 0 Å². The van der Waals surface area contributed by atoms with Gasteiger partial charge in [-0.1, -0.05) is 105 Å². The average Bonchev–Trinajstić information content (AvgIpc) is 2.73. The minimum absolute atomic E-state index is 0. The molecule has 0 amide bonds. The van der Waals surface area contributed by atoms with Crippen molar-refractivity contribution in [3.63, 3.8) is 0 Å². The summed E-state index contributed by atoms with van der Waals surface area (Å²) in [5, 5.41) is 0. The molecule has 184 valence electrons. The van der Waals surface area contributed by atoms with Crippen molar-refractivity contribution in [3.8, 4) is 0 Å². The quantitative estimate of drug-likeness (QED) is 0.0731. The lowest BCUT2D eigenvalue weighted by Gasteiger charge is -2.39. The van der Waals surface area contributed by atoms with Gasteiger partial charge in [0.05, 0.1) is 26.2 Å². The Morgan fingerprint density at radius 3 is 0.700 bits per heavy atom.